The van der Waals surface area contributed by atoms with Crippen LogP contribution in [0.1, 0.15) is 11.1 Å². The largest absolute Gasteiger partial charge is 0.278 e. The van der Waals surface area contributed by atoms with Gasteiger partial charge in [0.25, 0.3) is 0 Å². The average molecular weight is 211 g/mol. The van der Waals surface area contributed by atoms with Crippen LogP contribution in [0.4, 0.5) is 5.69 Å². The van der Waals surface area contributed by atoms with Crippen molar-refractivity contribution in [2.24, 2.45) is 5.10 Å². The van der Waals surface area contributed by atoms with Gasteiger partial charge >= 0.3 is 0 Å². The lowest BCUT2D eigenvalue weighted by atomic mass is 10.2. The van der Waals surface area contributed by atoms with Gasteiger partial charge in [-0.15, -0.1) is 0 Å². The van der Waals surface area contributed by atoms with Crippen LogP contribution in [0.15, 0.2) is 53.9 Å². The molecule has 0 aliphatic heterocycles. The summed E-state index contributed by atoms with van der Waals surface area (Å²) in [7, 11) is 0. The molecule has 0 bridgehead atoms. The number of para-hydroxylation sites is 1. The Kier molecular flexibility index (Phi) is 3.28. The van der Waals surface area contributed by atoms with E-state index in [0.29, 0.717) is 0 Å². The Labute approximate surface area is 94.9 Å². The number of aryl methyl sites for hydroxylation is 1. The lowest BCUT2D eigenvalue weighted by Crippen LogP contribution is -1.92. The number of nitrogens with one attached hydrogen (secondary N) is 1. The van der Waals surface area contributed by atoms with E-state index in [1.807, 2.05) is 43.3 Å². The SMILES string of the molecule is Cc1ccccc1N/N=C\c1cccnc1. The zero-order valence-electron chi connectivity index (χ0n) is 9.09. The highest BCUT2D eigenvalue weighted by molar-refractivity contribution is 5.79. The summed E-state index contributed by atoms with van der Waals surface area (Å²) in [5.74, 6) is 0. The molecule has 2 aromatic rings. The topological polar surface area (TPSA) is 37.3 Å². The smallest absolute Gasteiger partial charge is 0.0590 e. The second kappa shape index (κ2) is 5.07. The molecule has 0 atom stereocenters. The molecule has 0 saturated carbocycles. The van der Waals surface area contributed by atoms with Crippen molar-refractivity contribution in [2.75, 3.05) is 5.43 Å². The number of aromatic nitrogens is 1. The highest BCUT2D eigenvalue weighted by Crippen LogP contribution is 2.12. The predicted octanol–water partition coefficient (Wildman–Crippen LogP) is 2.84. The maximum Gasteiger partial charge on any atom is 0.0590 e. The van der Waals surface area contributed by atoms with Gasteiger partial charge in [-0.1, -0.05) is 24.3 Å². The van der Waals surface area contributed by atoms with Crippen LogP contribution < -0.4 is 5.43 Å². The lowest BCUT2D eigenvalue weighted by molar-refractivity contribution is 1.29. The third-order valence-corrected chi connectivity index (χ3v) is 2.23. The zero-order valence-corrected chi connectivity index (χ0v) is 9.09. The Balaban J connectivity index is 2.03. The molecule has 3 heteroatoms. The van der Waals surface area contributed by atoms with Crippen molar-refractivity contribution < 1.29 is 0 Å². The van der Waals surface area contributed by atoms with Gasteiger partial charge in [-0.3, -0.25) is 10.4 Å². The quantitative estimate of drug-likeness (QED) is 0.626. The maximum absolute atomic E-state index is 4.16. The van der Waals surface area contributed by atoms with E-state index in [0.717, 1.165) is 11.3 Å². The van der Waals surface area contributed by atoms with Crippen molar-refractivity contribution in [2.45, 2.75) is 6.92 Å². The van der Waals surface area contributed by atoms with Gasteiger partial charge in [-0.2, -0.15) is 5.10 Å². The Morgan fingerprint density at radius 2 is 2.06 bits per heavy atom. The van der Waals surface area contributed by atoms with E-state index >= 15 is 0 Å². The van der Waals surface area contributed by atoms with E-state index in [9.17, 15) is 0 Å². The fourth-order valence-corrected chi connectivity index (χ4v) is 1.33. The molecule has 1 aromatic carbocycles. The van der Waals surface area contributed by atoms with E-state index in [1.165, 1.54) is 5.56 Å². The van der Waals surface area contributed by atoms with E-state index in [-0.39, 0.29) is 0 Å². The van der Waals surface area contributed by atoms with Gasteiger partial charge in [0.05, 0.1) is 11.9 Å². The number of hydrazone groups is 1. The number of pyridine rings is 1. The molecule has 3 nitrogen and oxygen atoms in total. The molecule has 0 spiro atoms. The molecule has 0 saturated heterocycles. The molecule has 0 amide bonds. The number of nitrogens with zero attached hydrogens (tertiary/aromatic N) is 2. The van der Waals surface area contributed by atoms with Gasteiger partial charge in [0, 0.05) is 18.0 Å². The summed E-state index contributed by atoms with van der Waals surface area (Å²) in [6.45, 7) is 2.04. The minimum absolute atomic E-state index is 0.976. The number of benzene rings is 1. The minimum atomic E-state index is 0.976. The molecule has 80 valence electrons. The molecule has 0 unspecified atom stereocenters. The summed E-state index contributed by atoms with van der Waals surface area (Å²) < 4.78 is 0. The Hall–Kier alpha value is -2.16. The summed E-state index contributed by atoms with van der Waals surface area (Å²) in [5, 5.41) is 4.16. The number of anilines is 1. The molecule has 0 radical (unpaired) electrons. The lowest BCUT2D eigenvalue weighted by Gasteiger charge is -2.02. The molecular formula is C13H13N3. The van der Waals surface area contributed by atoms with Crippen molar-refractivity contribution in [3.63, 3.8) is 0 Å². The van der Waals surface area contributed by atoms with Crippen molar-refractivity contribution in [1.29, 1.82) is 0 Å². The Bertz CT molecular complexity index is 478. The number of hydrogen-bond donors (Lipinski definition) is 1. The van der Waals surface area contributed by atoms with Crippen LogP contribution in [-0.4, -0.2) is 11.2 Å². The number of hydrogen-bond acceptors (Lipinski definition) is 3. The fraction of sp³-hybridized carbons (Fsp3) is 0.0769. The van der Waals surface area contributed by atoms with E-state index < -0.39 is 0 Å². The number of rotatable bonds is 3. The summed E-state index contributed by atoms with van der Waals surface area (Å²) in [6, 6.07) is 11.9. The average Bonchev–Trinajstić information content (AvgIpc) is 2.33. The molecule has 0 aliphatic carbocycles. The third kappa shape index (κ3) is 2.67. The van der Waals surface area contributed by atoms with Crippen molar-refractivity contribution in [3.05, 3.63) is 59.9 Å². The highest BCUT2D eigenvalue weighted by Gasteiger charge is 1.92. The molecule has 16 heavy (non-hydrogen) atoms. The van der Waals surface area contributed by atoms with Crippen LogP contribution in [0, 0.1) is 6.92 Å². The Morgan fingerprint density at radius 3 is 2.81 bits per heavy atom. The molecule has 0 aliphatic rings. The van der Waals surface area contributed by atoms with Crippen LogP contribution >= 0.6 is 0 Å². The molecule has 1 heterocycles. The fourth-order valence-electron chi connectivity index (χ4n) is 1.33. The van der Waals surface area contributed by atoms with E-state index in [2.05, 4.69) is 15.5 Å². The van der Waals surface area contributed by atoms with Crippen LogP contribution in [0.3, 0.4) is 0 Å². The molecule has 1 N–H and O–H groups in total. The first kappa shape index (κ1) is 10.4. The minimum Gasteiger partial charge on any atom is -0.278 e. The maximum atomic E-state index is 4.16. The van der Waals surface area contributed by atoms with E-state index in [1.54, 1.807) is 18.6 Å². The first-order chi connectivity index (χ1) is 7.86. The molecule has 2 rings (SSSR count). The summed E-state index contributed by atoms with van der Waals surface area (Å²) in [5.41, 5.74) is 6.17. The van der Waals surface area contributed by atoms with Gasteiger partial charge in [0.1, 0.15) is 0 Å². The molecular weight excluding hydrogens is 198 g/mol. The molecule has 0 fully saturated rings. The Morgan fingerprint density at radius 1 is 1.19 bits per heavy atom. The van der Waals surface area contributed by atoms with Crippen LogP contribution in [-0.2, 0) is 0 Å². The summed E-state index contributed by atoms with van der Waals surface area (Å²) >= 11 is 0. The monoisotopic (exact) mass is 211 g/mol. The molecule has 1 aromatic heterocycles. The summed E-state index contributed by atoms with van der Waals surface area (Å²) in [4.78, 5) is 4.01. The zero-order chi connectivity index (χ0) is 11.2. The standard InChI is InChI=1S/C13H13N3/c1-11-5-2-3-7-13(11)16-15-10-12-6-4-8-14-9-12/h2-10,16H,1H3/b15-10-. The second-order valence-electron chi connectivity index (χ2n) is 3.47. The normalized spacial score (nSPS) is 10.6. The second-order valence-corrected chi connectivity index (χ2v) is 3.47. The van der Waals surface area contributed by atoms with Gasteiger partial charge in [-0.05, 0) is 24.6 Å². The van der Waals surface area contributed by atoms with Crippen LogP contribution in [0.2, 0.25) is 0 Å². The third-order valence-electron chi connectivity index (χ3n) is 2.23. The first-order valence-electron chi connectivity index (χ1n) is 5.11. The van der Waals surface area contributed by atoms with Crippen molar-refractivity contribution in [1.82, 2.24) is 4.98 Å². The van der Waals surface area contributed by atoms with Crippen molar-refractivity contribution >= 4 is 11.9 Å². The van der Waals surface area contributed by atoms with Crippen molar-refractivity contribution in [3.8, 4) is 0 Å². The van der Waals surface area contributed by atoms with Gasteiger partial charge in [0.15, 0.2) is 0 Å². The first-order valence-corrected chi connectivity index (χ1v) is 5.11. The van der Waals surface area contributed by atoms with Crippen LogP contribution in [0.25, 0.3) is 0 Å². The van der Waals surface area contributed by atoms with Gasteiger partial charge < -0.3 is 0 Å². The predicted molar refractivity (Wildman–Crippen MR) is 66.6 cm³/mol. The van der Waals surface area contributed by atoms with Gasteiger partial charge in [-0.25, -0.2) is 0 Å². The highest BCUT2D eigenvalue weighted by atomic mass is 15.3. The van der Waals surface area contributed by atoms with E-state index in [4.69, 9.17) is 0 Å². The van der Waals surface area contributed by atoms with Crippen LogP contribution in [0.5, 0.6) is 0 Å². The summed E-state index contributed by atoms with van der Waals surface area (Å²) in [6.07, 6.45) is 5.26. The van der Waals surface area contributed by atoms with Gasteiger partial charge in [0.2, 0.25) is 0 Å².